The quantitative estimate of drug-likeness (QED) is 0.463. The first-order chi connectivity index (χ1) is 14.1. The minimum absolute atomic E-state index is 0.104. The van der Waals surface area contributed by atoms with Gasteiger partial charge in [0, 0.05) is 12.3 Å². The van der Waals surface area contributed by atoms with Crippen molar-refractivity contribution in [2.24, 2.45) is 11.8 Å². The molecule has 0 aromatic rings. The first-order valence-corrected chi connectivity index (χ1v) is 9.82. The van der Waals surface area contributed by atoms with Gasteiger partial charge in [-0.25, -0.2) is 4.79 Å². The lowest BCUT2D eigenvalue weighted by atomic mass is 9.88. The number of thiol groups is 1. The Labute approximate surface area is 178 Å². The van der Waals surface area contributed by atoms with Crippen molar-refractivity contribution < 1.29 is 43.0 Å². The Balaban J connectivity index is 2.19. The van der Waals surface area contributed by atoms with Crippen molar-refractivity contribution >= 4 is 42.5 Å². The Hall–Kier alpha value is -2.76. The largest absolute Gasteiger partial charge is 0.536 e. The highest BCUT2D eigenvalue weighted by atomic mass is 32.1. The smallest absolute Gasteiger partial charge is 0.461 e. The summed E-state index contributed by atoms with van der Waals surface area (Å²) < 4.78 is 14.9. The zero-order valence-corrected chi connectivity index (χ0v) is 17.7. The summed E-state index contributed by atoms with van der Waals surface area (Å²) in [5.74, 6) is -3.80. The number of esters is 2. The number of fused-ring (bicyclic) bond motifs is 1. The number of hydrogen-bond donors (Lipinski definition) is 2. The van der Waals surface area contributed by atoms with E-state index in [2.05, 4.69) is 22.7 Å². The van der Waals surface area contributed by atoms with Crippen LogP contribution < -0.4 is 5.32 Å². The highest BCUT2D eigenvalue weighted by molar-refractivity contribution is 7.81. The highest BCUT2D eigenvalue weighted by Gasteiger charge is 2.36. The van der Waals surface area contributed by atoms with Crippen LogP contribution in [-0.4, -0.2) is 59.7 Å². The molecule has 12 heteroatoms. The average Bonchev–Trinajstić information content (AvgIpc) is 3.01. The Morgan fingerprint density at radius 2 is 1.97 bits per heavy atom. The van der Waals surface area contributed by atoms with E-state index < -0.39 is 59.9 Å². The molecule has 0 aliphatic carbocycles. The van der Waals surface area contributed by atoms with E-state index in [1.807, 2.05) is 0 Å². The summed E-state index contributed by atoms with van der Waals surface area (Å²) in [6.45, 7) is 3.62. The summed E-state index contributed by atoms with van der Waals surface area (Å²) >= 11 is 3.97. The maximum Gasteiger partial charge on any atom is 0.536 e. The maximum atomic E-state index is 12.3. The molecule has 2 aliphatic heterocycles. The number of cyclic esters (lactones) is 2. The lowest BCUT2D eigenvalue weighted by Gasteiger charge is -2.26. The van der Waals surface area contributed by atoms with Crippen molar-refractivity contribution in [3.63, 3.8) is 0 Å². The van der Waals surface area contributed by atoms with Gasteiger partial charge < -0.3 is 19.5 Å². The van der Waals surface area contributed by atoms with Gasteiger partial charge >= 0.3 is 18.1 Å². The van der Waals surface area contributed by atoms with Crippen LogP contribution >= 0.6 is 12.6 Å². The van der Waals surface area contributed by atoms with Crippen molar-refractivity contribution in [2.75, 3.05) is 13.3 Å². The summed E-state index contributed by atoms with van der Waals surface area (Å²) in [6, 6.07) is 0. The second kappa shape index (κ2) is 10.3. The van der Waals surface area contributed by atoms with Crippen molar-refractivity contribution in [1.29, 1.82) is 0 Å². The van der Waals surface area contributed by atoms with Crippen molar-refractivity contribution in [3.05, 3.63) is 11.8 Å². The Morgan fingerprint density at radius 1 is 1.27 bits per heavy atom. The van der Waals surface area contributed by atoms with Gasteiger partial charge in [-0.1, -0.05) is 13.0 Å². The summed E-state index contributed by atoms with van der Waals surface area (Å²) in [6.07, 6.45) is -0.105. The number of hydroxylamine groups is 2. The molecule has 0 aromatic carbocycles. The average molecular weight is 444 g/mol. The first-order valence-electron chi connectivity index (χ1n) is 9.30. The fourth-order valence-corrected chi connectivity index (χ4v) is 3.02. The van der Waals surface area contributed by atoms with E-state index in [-0.39, 0.29) is 19.4 Å². The summed E-state index contributed by atoms with van der Waals surface area (Å²) in [7, 11) is 0. The molecule has 1 fully saturated rings. The number of carbonyl (C=O) groups is 5. The van der Waals surface area contributed by atoms with E-state index in [0.29, 0.717) is 5.70 Å². The Bertz CT molecular complexity index is 752. The third-order valence-corrected chi connectivity index (χ3v) is 4.84. The minimum Gasteiger partial charge on any atom is -0.461 e. The van der Waals surface area contributed by atoms with Gasteiger partial charge in [0.05, 0.1) is 16.9 Å². The van der Waals surface area contributed by atoms with Crippen LogP contribution in [0.4, 0.5) is 4.79 Å². The van der Waals surface area contributed by atoms with Crippen LogP contribution in [-0.2, 0) is 38.2 Å². The van der Waals surface area contributed by atoms with E-state index in [4.69, 9.17) is 14.3 Å². The molecule has 30 heavy (non-hydrogen) atoms. The summed E-state index contributed by atoms with van der Waals surface area (Å²) in [4.78, 5) is 64.6. The topological polar surface area (TPSA) is 138 Å². The summed E-state index contributed by atoms with van der Waals surface area (Å²) in [5.41, 5.74) is 0.337. The number of allylic oxidation sites excluding steroid dienone is 1. The lowest BCUT2D eigenvalue weighted by Crippen LogP contribution is -2.38. The van der Waals surface area contributed by atoms with E-state index in [1.165, 1.54) is 0 Å². The van der Waals surface area contributed by atoms with Gasteiger partial charge in [0.2, 0.25) is 12.7 Å². The van der Waals surface area contributed by atoms with E-state index >= 15 is 0 Å². The molecule has 166 valence electrons. The molecule has 11 nitrogen and oxygen atoms in total. The SMILES string of the molecule is CC(S)C(=O)NCC(=O)OC(C)C1/C=C2/CCC(=O)N2OC(=O)OCOC(=O)C1C. The number of hydrogen-bond acceptors (Lipinski definition) is 10. The molecule has 0 bridgehead atoms. The number of nitrogens with zero attached hydrogens (tertiary/aromatic N) is 1. The van der Waals surface area contributed by atoms with Crippen LogP contribution in [0.5, 0.6) is 0 Å². The first kappa shape index (κ1) is 23.5. The number of ether oxygens (including phenoxy) is 3. The third kappa shape index (κ3) is 6.12. The second-order valence-electron chi connectivity index (χ2n) is 6.87. The normalized spacial score (nSPS) is 25.9. The second-order valence-corrected chi connectivity index (χ2v) is 7.64. The monoisotopic (exact) mass is 444 g/mol. The molecule has 4 atom stereocenters. The van der Waals surface area contributed by atoms with Crippen LogP contribution in [0.2, 0.25) is 0 Å². The van der Waals surface area contributed by atoms with Gasteiger partial charge in [-0.05, 0) is 20.3 Å². The van der Waals surface area contributed by atoms with Gasteiger partial charge in [0.15, 0.2) is 0 Å². The molecule has 2 rings (SSSR count). The van der Waals surface area contributed by atoms with Gasteiger partial charge in [-0.15, -0.1) is 5.06 Å². The predicted molar refractivity (Wildman–Crippen MR) is 102 cm³/mol. The van der Waals surface area contributed by atoms with E-state index in [1.54, 1.807) is 26.8 Å². The van der Waals surface area contributed by atoms with Gasteiger partial charge in [0.25, 0.3) is 5.91 Å². The molecule has 0 saturated carbocycles. The zero-order chi connectivity index (χ0) is 22.4. The van der Waals surface area contributed by atoms with Crippen LogP contribution in [0.3, 0.4) is 0 Å². The molecular weight excluding hydrogens is 420 g/mol. The number of carbonyl (C=O) groups excluding carboxylic acids is 5. The number of rotatable bonds is 5. The summed E-state index contributed by atoms with van der Waals surface area (Å²) in [5, 5.41) is 2.60. The minimum atomic E-state index is -1.19. The molecule has 4 unspecified atom stereocenters. The van der Waals surface area contributed by atoms with Crippen LogP contribution in [0.1, 0.15) is 33.6 Å². The lowest BCUT2D eigenvalue weighted by molar-refractivity contribution is -0.170. The Morgan fingerprint density at radius 3 is 2.63 bits per heavy atom. The predicted octanol–water partition coefficient (Wildman–Crippen LogP) is 0.694. The van der Waals surface area contributed by atoms with Crippen molar-refractivity contribution in [2.45, 2.75) is 45.0 Å². The molecule has 2 amide bonds. The molecule has 2 aliphatic rings. The molecule has 0 spiro atoms. The molecular formula is C18H24N2O9S. The Kier molecular flexibility index (Phi) is 8.09. The van der Waals surface area contributed by atoms with Crippen LogP contribution in [0.15, 0.2) is 11.8 Å². The molecule has 2 heterocycles. The standard InChI is InChI=1S/C18H24N2O9S/c1-9-13(10(2)28-15(22)7-19-16(23)11(3)30)6-12-4-5-14(21)20(12)29-18(25)27-8-26-17(9)24/h6,9-11,13,30H,4-5,7-8H2,1-3H3,(H,19,23)/b12-6-. The fourth-order valence-electron chi connectivity index (χ4n) is 2.93. The van der Waals surface area contributed by atoms with Gasteiger partial charge in [-0.3, -0.25) is 24.0 Å². The van der Waals surface area contributed by atoms with Gasteiger partial charge in [-0.2, -0.15) is 12.6 Å². The zero-order valence-electron chi connectivity index (χ0n) is 16.8. The third-order valence-electron chi connectivity index (χ3n) is 4.61. The van der Waals surface area contributed by atoms with Crippen molar-refractivity contribution in [3.8, 4) is 0 Å². The highest BCUT2D eigenvalue weighted by Crippen LogP contribution is 2.30. The van der Waals surface area contributed by atoms with E-state index in [9.17, 15) is 24.0 Å². The number of nitrogens with one attached hydrogen (secondary N) is 1. The molecule has 1 saturated heterocycles. The maximum absolute atomic E-state index is 12.3. The number of amides is 2. The molecule has 1 N–H and O–H groups in total. The molecule has 0 radical (unpaired) electrons. The fraction of sp³-hybridized carbons (Fsp3) is 0.611. The molecule has 0 aromatic heterocycles. The van der Waals surface area contributed by atoms with Crippen LogP contribution in [0.25, 0.3) is 0 Å². The van der Waals surface area contributed by atoms with E-state index in [0.717, 1.165) is 5.06 Å². The van der Waals surface area contributed by atoms with Gasteiger partial charge in [0.1, 0.15) is 12.6 Å². The van der Waals surface area contributed by atoms with Crippen LogP contribution in [0, 0.1) is 11.8 Å². The van der Waals surface area contributed by atoms with Crippen molar-refractivity contribution in [1.82, 2.24) is 10.4 Å².